The molecule has 0 unspecified atom stereocenters. The number of rotatable bonds is 6. The molecular formula is C21H28N2O2. The number of aromatic nitrogens is 1. The van der Waals surface area contributed by atoms with Gasteiger partial charge in [0.25, 0.3) is 5.91 Å². The zero-order chi connectivity index (χ0) is 17.6. The fourth-order valence-corrected chi connectivity index (χ4v) is 3.68. The summed E-state index contributed by atoms with van der Waals surface area (Å²) in [5, 5.41) is 6.88. The largest absolute Gasteiger partial charge is 0.355 e. The summed E-state index contributed by atoms with van der Waals surface area (Å²) in [6.07, 6.45) is 8.63. The highest BCUT2D eigenvalue weighted by atomic mass is 16.5. The van der Waals surface area contributed by atoms with E-state index in [0.29, 0.717) is 17.4 Å². The highest BCUT2D eigenvalue weighted by molar-refractivity contribution is 5.93. The smallest absolute Gasteiger partial charge is 0.273 e. The number of hydrogen-bond donors (Lipinski definition) is 1. The summed E-state index contributed by atoms with van der Waals surface area (Å²) < 4.78 is 5.39. The lowest BCUT2D eigenvalue weighted by Crippen LogP contribution is -2.32. The van der Waals surface area contributed by atoms with Gasteiger partial charge in [-0.2, -0.15) is 0 Å². The van der Waals surface area contributed by atoms with E-state index in [4.69, 9.17) is 4.52 Å². The molecule has 0 bridgehead atoms. The third-order valence-corrected chi connectivity index (χ3v) is 5.11. The molecule has 134 valence electrons. The van der Waals surface area contributed by atoms with E-state index in [0.717, 1.165) is 18.4 Å². The SMILES string of the molecule is CCC[C@H](C)NC(=O)c1cc(-c2ccc(C3CCCCC3)cc2)on1. The van der Waals surface area contributed by atoms with E-state index < -0.39 is 0 Å². The van der Waals surface area contributed by atoms with E-state index in [9.17, 15) is 4.79 Å². The molecule has 1 amide bonds. The standard InChI is InChI=1S/C21H28N2O2/c1-3-7-15(2)22-21(24)19-14-20(25-23-19)18-12-10-17(11-13-18)16-8-5-4-6-9-16/h10-16H,3-9H2,1-2H3,(H,22,24)/t15-/m0/s1. The third-order valence-electron chi connectivity index (χ3n) is 5.11. The summed E-state index contributed by atoms with van der Waals surface area (Å²) in [6.45, 7) is 4.11. The predicted molar refractivity (Wildman–Crippen MR) is 99.6 cm³/mol. The van der Waals surface area contributed by atoms with Crippen LogP contribution in [-0.2, 0) is 0 Å². The van der Waals surface area contributed by atoms with Crippen LogP contribution >= 0.6 is 0 Å². The second-order valence-electron chi connectivity index (χ2n) is 7.20. The van der Waals surface area contributed by atoms with Gasteiger partial charge in [-0.1, -0.05) is 62.0 Å². The summed E-state index contributed by atoms with van der Waals surface area (Å²) in [4.78, 5) is 12.2. The molecule has 0 radical (unpaired) electrons. The first-order chi connectivity index (χ1) is 12.2. The van der Waals surface area contributed by atoms with Gasteiger partial charge in [-0.25, -0.2) is 0 Å². The molecule has 1 N–H and O–H groups in total. The van der Waals surface area contributed by atoms with Gasteiger partial charge in [0, 0.05) is 17.7 Å². The van der Waals surface area contributed by atoms with Crippen molar-refractivity contribution in [1.82, 2.24) is 10.5 Å². The Kier molecular flexibility index (Phi) is 5.90. The molecule has 0 spiro atoms. The number of nitrogens with zero attached hydrogens (tertiary/aromatic N) is 1. The molecule has 1 atom stereocenters. The molecular weight excluding hydrogens is 312 g/mol. The monoisotopic (exact) mass is 340 g/mol. The minimum absolute atomic E-state index is 0.146. The fraction of sp³-hybridized carbons (Fsp3) is 0.524. The molecule has 1 fully saturated rings. The molecule has 1 saturated carbocycles. The number of carbonyl (C=O) groups excluding carboxylic acids is 1. The second-order valence-corrected chi connectivity index (χ2v) is 7.20. The quantitative estimate of drug-likeness (QED) is 0.775. The summed E-state index contributed by atoms with van der Waals surface area (Å²) in [6, 6.07) is 10.4. The lowest BCUT2D eigenvalue weighted by molar-refractivity contribution is 0.0929. The Morgan fingerprint density at radius 3 is 2.64 bits per heavy atom. The van der Waals surface area contributed by atoms with Gasteiger partial charge in [-0.05, 0) is 37.7 Å². The van der Waals surface area contributed by atoms with Crippen LogP contribution in [0.2, 0.25) is 0 Å². The molecule has 3 rings (SSSR count). The number of hydrogen-bond acceptors (Lipinski definition) is 3. The van der Waals surface area contributed by atoms with E-state index >= 15 is 0 Å². The van der Waals surface area contributed by atoms with Crippen molar-refractivity contribution in [1.29, 1.82) is 0 Å². The van der Waals surface area contributed by atoms with Gasteiger partial charge in [0.2, 0.25) is 0 Å². The average molecular weight is 340 g/mol. The van der Waals surface area contributed by atoms with Crippen LogP contribution in [0.4, 0.5) is 0 Å². The Hall–Kier alpha value is -2.10. The molecule has 0 aliphatic heterocycles. The maximum atomic E-state index is 12.2. The van der Waals surface area contributed by atoms with Gasteiger partial charge in [-0.3, -0.25) is 4.79 Å². The Bertz CT molecular complexity index is 684. The minimum Gasteiger partial charge on any atom is -0.355 e. The van der Waals surface area contributed by atoms with Crippen molar-refractivity contribution in [2.45, 2.75) is 70.8 Å². The normalized spacial score (nSPS) is 16.6. The van der Waals surface area contributed by atoms with Crippen molar-refractivity contribution in [3.8, 4) is 11.3 Å². The van der Waals surface area contributed by atoms with Gasteiger partial charge in [0.1, 0.15) is 0 Å². The van der Waals surface area contributed by atoms with Crippen LogP contribution in [0.3, 0.4) is 0 Å². The first-order valence-electron chi connectivity index (χ1n) is 9.55. The maximum absolute atomic E-state index is 12.2. The van der Waals surface area contributed by atoms with Crippen LogP contribution in [0.15, 0.2) is 34.9 Å². The highest BCUT2D eigenvalue weighted by Gasteiger charge is 2.17. The van der Waals surface area contributed by atoms with E-state index in [-0.39, 0.29) is 11.9 Å². The van der Waals surface area contributed by atoms with Gasteiger partial charge in [0.15, 0.2) is 11.5 Å². The molecule has 0 saturated heterocycles. The summed E-state index contributed by atoms with van der Waals surface area (Å²) in [5.41, 5.74) is 2.72. The number of carbonyl (C=O) groups is 1. The molecule has 1 aromatic carbocycles. The van der Waals surface area contributed by atoms with E-state index in [2.05, 4.69) is 41.7 Å². The Balaban J connectivity index is 1.66. The molecule has 4 nitrogen and oxygen atoms in total. The Morgan fingerprint density at radius 2 is 1.96 bits per heavy atom. The average Bonchev–Trinajstić information content (AvgIpc) is 3.13. The summed E-state index contributed by atoms with van der Waals surface area (Å²) in [5.74, 6) is 1.16. The van der Waals surface area contributed by atoms with E-state index in [1.807, 2.05) is 6.92 Å². The van der Waals surface area contributed by atoms with Gasteiger partial charge in [0.05, 0.1) is 0 Å². The number of amides is 1. The number of benzene rings is 1. The molecule has 1 aromatic heterocycles. The van der Waals surface area contributed by atoms with Crippen LogP contribution < -0.4 is 5.32 Å². The molecule has 1 aliphatic rings. The van der Waals surface area contributed by atoms with Crippen molar-refractivity contribution >= 4 is 5.91 Å². The van der Waals surface area contributed by atoms with Gasteiger partial charge < -0.3 is 9.84 Å². The molecule has 25 heavy (non-hydrogen) atoms. The van der Waals surface area contributed by atoms with Crippen LogP contribution in [0.5, 0.6) is 0 Å². The van der Waals surface area contributed by atoms with Crippen molar-refractivity contribution < 1.29 is 9.32 Å². The van der Waals surface area contributed by atoms with Gasteiger partial charge >= 0.3 is 0 Å². The lowest BCUT2D eigenvalue weighted by Gasteiger charge is -2.21. The first-order valence-corrected chi connectivity index (χ1v) is 9.55. The number of nitrogens with one attached hydrogen (secondary N) is 1. The van der Waals surface area contributed by atoms with Crippen LogP contribution in [0.1, 0.15) is 80.8 Å². The zero-order valence-corrected chi connectivity index (χ0v) is 15.3. The third kappa shape index (κ3) is 4.50. The molecule has 4 heteroatoms. The van der Waals surface area contributed by atoms with Crippen LogP contribution in [-0.4, -0.2) is 17.1 Å². The van der Waals surface area contributed by atoms with Crippen LogP contribution in [0, 0.1) is 0 Å². The second kappa shape index (κ2) is 8.32. The zero-order valence-electron chi connectivity index (χ0n) is 15.3. The minimum atomic E-state index is -0.172. The topological polar surface area (TPSA) is 55.1 Å². The van der Waals surface area contributed by atoms with Crippen molar-refractivity contribution in [2.24, 2.45) is 0 Å². The summed E-state index contributed by atoms with van der Waals surface area (Å²) in [7, 11) is 0. The molecule has 1 aliphatic carbocycles. The van der Waals surface area contributed by atoms with Crippen LogP contribution in [0.25, 0.3) is 11.3 Å². The van der Waals surface area contributed by atoms with E-state index in [1.165, 1.54) is 37.7 Å². The molecule has 2 aromatic rings. The maximum Gasteiger partial charge on any atom is 0.273 e. The predicted octanol–water partition coefficient (Wildman–Crippen LogP) is 5.31. The Labute approximate surface area is 150 Å². The molecule has 1 heterocycles. The van der Waals surface area contributed by atoms with Crippen molar-refractivity contribution in [3.05, 3.63) is 41.6 Å². The lowest BCUT2D eigenvalue weighted by atomic mass is 9.84. The Morgan fingerprint density at radius 1 is 1.24 bits per heavy atom. The summed E-state index contributed by atoms with van der Waals surface area (Å²) >= 11 is 0. The fourth-order valence-electron chi connectivity index (χ4n) is 3.68. The van der Waals surface area contributed by atoms with Crippen molar-refractivity contribution in [3.63, 3.8) is 0 Å². The van der Waals surface area contributed by atoms with E-state index in [1.54, 1.807) is 6.07 Å². The highest BCUT2D eigenvalue weighted by Crippen LogP contribution is 2.33. The van der Waals surface area contributed by atoms with Crippen molar-refractivity contribution in [2.75, 3.05) is 0 Å². The first kappa shape index (κ1) is 17.7. The van der Waals surface area contributed by atoms with Gasteiger partial charge in [-0.15, -0.1) is 0 Å².